The van der Waals surface area contributed by atoms with Crippen molar-refractivity contribution in [1.29, 1.82) is 0 Å². The lowest BCUT2D eigenvalue weighted by atomic mass is 10.3. The number of nitrogen functional groups attached to an aromatic ring is 1. The third-order valence-corrected chi connectivity index (χ3v) is 3.07. The number of rotatable bonds is 2. The van der Waals surface area contributed by atoms with Crippen LogP contribution in [-0.4, -0.2) is 19.5 Å². The number of anilines is 3. The summed E-state index contributed by atoms with van der Waals surface area (Å²) in [6.45, 7) is 0. The van der Waals surface area contributed by atoms with Gasteiger partial charge in [0.15, 0.2) is 0 Å². The molecule has 3 aromatic rings. The highest BCUT2D eigenvalue weighted by atomic mass is 19.4. The topological polar surface area (TPSA) is 81.7 Å². The van der Waals surface area contributed by atoms with Crippen LogP contribution < -0.4 is 11.1 Å². The Bertz CT molecular complexity index is 839. The van der Waals surface area contributed by atoms with E-state index in [2.05, 4.69) is 20.3 Å². The number of alkyl halides is 3. The number of aromatic nitrogens is 4. The van der Waals surface area contributed by atoms with Gasteiger partial charge in [-0.25, -0.2) is 9.97 Å². The van der Waals surface area contributed by atoms with E-state index in [0.717, 1.165) is 4.57 Å². The first-order valence-electron chi connectivity index (χ1n) is 6.24. The van der Waals surface area contributed by atoms with Crippen LogP contribution in [0.5, 0.6) is 0 Å². The maximum Gasteiger partial charge on any atom is 0.449 e. The van der Waals surface area contributed by atoms with Gasteiger partial charge in [0, 0.05) is 18.9 Å². The summed E-state index contributed by atoms with van der Waals surface area (Å²) in [7, 11) is 1.33. The summed E-state index contributed by atoms with van der Waals surface area (Å²) >= 11 is 0. The minimum atomic E-state index is -4.50. The van der Waals surface area contributed by atoms with Gasteiger partial charge in [-0.3, -0.25) is 0 Å². The molecule has 0 radical (unpaired) electrons. The Labute approximate surface area is 122 Å². The molecule has 0 aliphatic carbocycles. The summed E-state index contributed by atoms with van der Waals surface area (Å²) in [5.41, 5.74) is 6.67. The maximum atomic E-state index is 12.8. The highest BCUT2D eigenvalue weighted by Gasteiger charge is 2.36. The molecule has 0 aliphatic rings. The number of benzene rings is 1. The monoisotopic (exact) mass is 308 g/mol. The molecule has 1 aromatic carbocycles. The second kappa shape index (κ2) is 4.86. The SMILES string of the molecule is Cn1c(C(F)(F)F)nc2cc(Nc3nccc(N)n3)ccc21. The van der Waals surface area contributed by atoms with E-state index in [4.69, 9.17) is 5.73 Å². The molecule has 3 rings (SSSR count). The molecular formula is C13H11F3N6. The van der Waals surface area contributed by atoms with Crippen LogP contribution in [0.25, 0.3) is 11.0 Å². The zero-order valence-electron chi connectivity index (χ0n) is 11.4. The zero-order chi connectivity index (χ0) is 15.9. The quantitative estimate of drug-likeness (QED) is 0.760. The first-order valence-corrected chi connectivity index (χ1v) is 6.24. The molecule has 6 nitrogen and oxygen atoms in total. The number of aryl methyl sites for hydroxylation is 1. The van der Waals surface area contributed by atoms with Crippen molar-refractivity contribution in [3.8, 4) is 0 Å². The van der Waals surface area contributed by atoms with Gasteiger partial charge in [-0.2, -0.15) is 18.2 Å². The molecule has 3 N–H and O–H groups in total. The minimum Gasteiger partial charge on any atom is -0.384 e. The smallest absolute Gasteiger partial charge is 0.384 e. The molecule has 114 valence electrons. The molecule has 0 fully saturated rings. The Balaban J connectivity index is 2.00. The Kier molecular flexibility index (Phi) is 3.12. The Morgan fingerprint density at radius 2 is 1.95 bits per heavy atom. The third-order valence-electron chi connectivity index (χ3n) is 3.07. The molecule has 0 aliphatic heterocycles. The Morgan fingerprint density at radius 1 is 1.18 bits per heavy atom. The number of nitrogens with zero attached hydrogens (tertiary/aromatic N) is 4. The fourth-order valence-electron chi connectivity index (χ4n) is 2.09. The largest absolute Gasteiger partial charge is 0.449 e. The van der Waals surface area contributed by atoms with Gasteiger partial charge in [0.25, 0.3) is 0 Å². The van der Waals surface area contributed by atoms with Crippen LogP contribution in [-0.2, 0) is 13.2 Å². The van der Waals surface area contributed by atoms with E-state index >= 15 is 0 Å². The molecular weight excluding hydrogens is 297 g/mol. The number of halogens is 3. The second-order valence-corrected chi connectivity index (χ2v) is 4.63. The molecule has 0 saturated heterocycles. The maximum absolute atomic E-state index is 12.8. The fourth-order valence-corrected chi connectivity index (χ4v) is 2.09. The summed E-state index contributed by atoms with van der Waals surface area (Å²) in [4.78, 5) is 11.6. The van der Waals surface area contributed by atoms with Crippen molar-refractivity contribution in [2.75, 3.05) is 11.1 Å². The highest BCUT2D eigenvalue weighted by molar-refractivity contribution is 5.81. The summed E-state index contributed by atoms with van der Waals surface area (Å²) in [6.07, 6.45) is -3.02. The Morgan fingerprint density at radius 3 is 2.64 bits per heavy atom. The van der Waals surface area contributed by atoms with Crippen molar-refractivity contribution in [2.45, 2.75) is 6.18 Å². The zero-order valence-corrected chi connectivity index (χ0v) is 11.4. The lowest BCUT2D eigenvalue weighted by Gasteiger charge is -2.06. The molecule has 0 amide bonds. The van der Waals surface area contributed by atoms with Crippen LogP contribution in [0.1, 0.15) is 5.82 Å². The molecule has 0 saturated carbocycles. The van der Waals surface area contributed by atoms with Gasteiger partial charge in [-0.15, -0.1) is 0 Å². The van der Waals surface area contributed by atoms with Gasteiger partial charge in [-0.05, 0) is 24.3 Å². The van der Waals surface area contributed by atoms with E-state index in [9.17, 15) is 13.2 Å². The predicted molar refractivity (Wildman–Crippen MR) is 75.4 cm³/mol. The standard InChI is InChI=1S/C13H11F3N6/c1-22-9-3-2-7(19-12-18-5-4-10(17)21-12)6-8(9)20-11(22)13(14,15)16/h2-6H,1H3,(H3,17,18,19,21). The molecule has 22 heavy (non-hydrogen) atoms. The van der Waals surface area contributed by atoms with Crippen molar-refractivity contribution in [2.24, 2.45) is 7.05 Å². The van der Waals surface area contributed by atoms with Gasteiger partial charge in [0.1, 0.15) is 5.82 Å². The van der Waals surface area contributed by atoms with Crippen LogP contribution in [0.4, 0.5) is 30.6 Å². The predicted octanol–water partition coefficient (Wildman–Crippen LogP) is 2.71. The normalized spacial score (nSPS) is 11.8. The lowest BCUT2D eigenvalue weighted by molar-refractivity contribution is -0.146. The van der Waals surface area contributed by atoms with Crippen LogP contribution >= 0.6 is 0 Å². The van der Waals surface area contributed by atoms with Crippen molar-refractivity contribution in [3.63, 3.8) is 0 Å². The van der Waals surface area contributed by atoms with E-state index < -0.39 is 12.0 Å². The number of nitrogens with one attached hydrogen (secondary N) is 1. The van der Waals surface area contributed by atoms with Crippen LogP contribution in [0.2, 0.25) is 0 Å². The first-order chi connectivity index (χ1) is 10.3. The lowest BCUT2D eigenvalue weighted by Crippen LogP contribution is -2.12. The average molecular weight is 308 g/mol. The fraction of sp³-hybridized carbons (Fsp3) is 0.154. The molecule has 2 aromatic heterocycles. The van der Waals surface area contributed by atoms with E-state index in [1.165, 1.54) is 25.4 Å². The number of hydrogen-bond donors (Lipinski definition) is 2. The van der Waals surface area contributed by atoms with Crippen molar-refractivity contribution in [3.05, 3.63) is 36.3 Å². The van der Waals surface area contributed by atoms with Crippen molar-refractivity contribution in [1.82, 2.24) is 19.5 Å². The molecule has 0 spiro atoms. The second-order valence-electron chi connectivity index (χ2n) is 4.63. The number of hydrogen-bond acceptors (Lipinski definition) is 5. The van der Waals surface area contributed by atoms with Crippen molar-refractivity contribution < 1.29 is 13.2 Å². The van der Waals surface area contributed by atoms with Gasteiger partial charge < -0.3 is 15.6 Å². The highest BCUT2D eigenvalue weighted by Crippen LogP contribution is 2.31. The summed E-state index contributed by atoms with van der Waals surface area (Å²) < 4.78 is 39.5. The number of imidazole rings is 1. The van der Waals surface area contributed by atoms with E-state index in [-0.39, 0.29) is 17.3 Å². The minimum absolute atomic E-state index is 0.226. The summed E-state index contributed by atoms with van der Waals surface area (Å²) in [5, 5.41) is 2.87. The van der Waals surface area contributed by atoms with Gasteiger partial charge >= 0.3 is 6.18 Å². The summed E-state index contributed by atoms with van der Waals surface area (Å²) in [5.74, 6) is -0.401. The molecule has 9 heteroatoms. The Hall–Kier alpha value is -2.84. The third kappa shape index (κ3) is 2.52. The van der Waals surface area contributed by atoms with Crippen LogP contribution in [0, 0.1) is 0 Å². The average Bonchev–Trinajstić information content (AvgIpc) is 2.76. The molecule has 0 bridgehead atoms. The van der Waals surface area contributed by atoms with E-state index in [1.807, 2.05) is 0 Å². The number of nitrogens with two attached hydrogens (primary N) is 1. The van der Waals surface area contributed by atoms with E-state index in [1.54, 1.807) is 12.1 Å². The molecule has 0 unspecified atom stereocenters. The van der Waals surface area contributed by atoms with E-state index in [0.29, 0.717) is 11.2 Å². The molecule has 2 heterocycles. The van der Waals surface area contributed by atoms with Crippen molar-refractivity contribution >= 4 is 28.5 Å². The van der Waals surface area contributed by atoms with Gasteiger partial charge in [0.2, 0.25) is 11.8 Å². The first kappa shape index (κ1) is 14.1. The van der Waals surface area contributed by atoms with Gasteiger partial charge in [0.05, 0.1) is 11.0 Å². The van der Waals surface area contributed by atoms with Gasteiger partial charge in [-0.1, -0.05) is 0 Å². The molecule has 0 atom stereocenters. The van der Waals surface area contributed by atoms with Crippen LogP contribution in [0.15, 0.2) is 30.5 Å². The summed E-state index contributed by atoms with van der Waals surface area (Å²) in [6, 6.07) is 6.20. The number of fused-ring (bicyclic) bond motifs is 1. The van der Waals surface area contributed by atoms with Crippen LogP contribution in [0.3, 0.4) is 0 Å².